The quantitative estimate of drug-likeness (QED) is 0.145. The van der Waals surface area contributed by atoms with Crippen LogP contribution in [0.1, 0.15) is 53.7 Å². The lowest BCUT2D eigenvalue weighted by Crippen LogP contribution is -2.40. The lowest BCUT2D eigenvalue weighted by Gasteiger charge is -2.21. The van der Waals surface area contributed by atoms with E-state index in [2.05, 4.69) is 16.4 Å². The highest BCUT2D eigenvalue weighted by Crippen LogP contribution is 2.43. The van der Waals surface area contributed by atoms with Gasteiger partial charge in [0.1, 0.15) is 36.1 Å². The second-order valence-corrected chi connectivity index (χ2v) is 11.8. The molecule has 3 N–H and O–H groups in total. The lowest BCUT2D eigenvalue weighted by molar-refractivity contribution is -0.143. The van der Waals surface area contributed by atoms with E-state index in [1.807, 2.05) is 18.2 Å². The summed E-state index contributed by atoms with van der Waals surface area (Å²) in [4.78, 5) is 28.0. The number of nitrogens with one attached hydrogen (secondary N) is 1. The van der Waals surface area contributed by atoms with Crippen molar-refractivity contribution < 1.29 is 33.7 Å². The van der Waals surface area contributed by atoms with Gasteiger partial charge in [-0.3, -0.25) is 14.6 Å². The van der Waals surface area contributed by atoms with Gasteiger partial charge in [0.15, 0.2) is 5.78 Å². The molecule has 0 bridgehead atoms. The molecule has 1 aromatic heterocycles. The number of nitrogens with zero attached hydrogens (tertiary/aromatic N) is 2. The first kappa shape index (κ1) is 33.5. The molecule has 0 spiro atoms. The number of pyridine rings is 1. The monoisotopic (exact) mass is 657 g/mol. The maximum atomic E-state index is 14.7. The summed E-state index contributed by atoms with van der Waals surface area (Å²) in [6, 6.07) is 18.4. The van der Waals surface area contributed by atoms with Gasteiger partial charge in [-0.1, -0.05) is 54.9 Å². The first-order valence-corrected chi connectivity index (χ1v) is 15.5. The Morgan fingerprint density at radius 2 is 1.91 bits per heavy atom. The minimum absolute atomic E-state index is 0.0580. The van der Waals surface area contributed by atoms with E-state index in [9.17, 15) is 29.5 Å². The number of ether oxygens (including phenoxy) is 2. The summed E-state index contributed by atoms with van der Waals surface area (Å²) in [5, 5.41) is 31.6. The smallest absolute Gasteiger partial charge is 0.306 e. The number of aliphatic hydroxyl groups excluding tert-OH is 1. The van der Waals surface area contributed by atoms with E-state index in [0.717, 1.165) is 16.7 Å². The molecule has 0 unspecified atom stereocenters. The average Bonchev–Trinajstić information content (AvgIpc) is 3.48. The zero-order chi connectivity index (χ0) is 33.5. The van der Waals surface area contributed by atoms with Gasteiger partial charge in [0.25, 0.3) is 0 Å². The first-order chi connectivity index (χ1) is 22.7. The zero-order valence-electron chi connectivity index (χ0n) is 25.6. The molecule has 3 atom stereocenters. The van der Waals surface area contributed by atoms with Crippen LogP contribution in [0.5, 0.6) is 11.5 Å². The number of aliphatic hydroxyl groups is 1. The number of benzene rings is 3. The minimum Gasteiger partial charge on any atom is -0.488 e. The van der Waals surface area contributed by atoms with Gasteiger partial charge >= 0.3 is 5.97 Å². The summed E-state index contributed by atoms with van der Waals surface area (Å²) in [7, 11) is 0. The van der Waals surface area contributed by atoms with Crippen LogP contribution in [-0.2, 0) is 29.2 Å². The van der Waals surface area contributed by atoms with Crippen molar-refractivity contribution in [1.82, 2.24) is 10.3 Å². The Bertz CT molecular complexity index is 1830. The molecule has 1 aliphatic rings. The molecule has 47 heavy (non-hydrogen) atoms. The van der Waals surface area contributed by atoms with Crippen molar-refractivity contribution in [2.45, 2.75) is 51.5 Å². The number of aliphatic carboxylic acids is 1. The van der Waals surface area contributed by atoms with Gasteiger partial charge < -0.3 is 25.0 Å². The number of Topliss-reactive ketones (excluding diaryl/α,β-unsaturated/α-hetero) is 1. The topological polar surface area (TPSA) is 142 Å². The number of carboxylic acids is 1. The van der Waals surface area contributed by atoms with Crippen molar-refractivity contribution in [2.75, 3.05) is 6.61 Å². The van der Waals surface area contributed by atoms with Crippen molar-refractivity contribution in [3.8, 4) is 28.7 Å². The van der Waals surface area contributed by atoms with Crippen LogP contribution in [-0.4, -0.2) is 39.6 Å². The van der Waals surface area contributed by atoms with Gasteiger partial charge in [-0.25, -0.2) is 4.39 Å². The van der Waals surface area contributed by atoms with E-state index in [4.69, 9.17) is 21.1 Å². The summed E-state index contributed by atoms with van der Waals surface area (Å²) in [5.74, 6) is -2.00. The fourth-order valence-corrected chi connectivity index (χ4v) is 5.83. The van der Waals surface area contributed by atoms with Crippen LogP contribution in [0.2, 0.25) is 5.02 Å². The first-order valence-electron chi connectivity index (χ1n) is 15.1. The highest BCUT2D eigenvalue weighted by atomic mass is 35.5. The van der Waals surface area contributed by atoms with Gasteiger partial charge in [-0.05, 0) is 47.7 Å². The predicted octanol–water partition coefficient (Wildman–Crippen LogP) is 6.19. The molecule has 0 amide bonds. The number of rotatable bonds is 14. The van der Waals surface area contributed by atoms with E-state index < -0.39 is 30.3 Å². The molecule has 0 radical (unpaired) electrons. The molecule has 11 heteroatoms. The molecule has 3 aromatic carbocycles. The molecular formula is C36H33ClFN3O6. The molecule has 0 fully saturated rings. The van der Waals surface area contributed by atoms with Crippen molar-refractivity contribution in [2.24, 2.45) is 5.92 Å². The molecule has 0 saturated carbocycles. The Morgan fingerprint density at radius 1 is 1.13 bits per heavy atom. The van der Waals surface area contributed by atoms with Crippen LogP contribution in [0, 0.1) is 23.1 Å². The molecule has 1 aliphatic carbocycles. The third-order valence-corrected chi connectivity index (χ3v) is 8.42. The summed E-state index contributed by atoms with van der Waals surface area (Å²) < 4.78 is 27.3. The van der Waals surface area contributed by atoms with E-state index in [0.29, 0.717) is 46.6 Å². The SMILES string of the molecule is C[C@H](CC(=O)[C@H](CO)NCc1cc(Cl)c(O[C@H]2CCc3c(-c4ccccc4F)cccc32)cc1OCc1cncc(C#N)c1)C(=O)O. The normalized spacial score (nSPS) is 14.9. The fraction of sp³-hybridized carbons (Fsp3) is 0.278. The largest absolute Gasteiger partial charge is 0.488 e. The number of carbonyl (C=O) groups is 2. The number of carboxylic acid groups (broad SMARTS) is 1. The van der Waals surface area contributed by atoms with E-state index in [1.165, 1.54) is 19.2 Å². The van der Waals surface area contributed by atoms with Gasteiger partial charge in [0, 0.05) is 48.1 Å². The molecule has 4 aromatic rings. The summed E-state index contributed by atoms with van der Waals surface area (Å²) in [6.07, 6.45) is 3.77. The number of carbonyl (C=O) groups excluding carboxylic acids is 1. The summed E-state index contributed by atoms with van der Waals surface area (Å²) in [5.41, 5.74) is 4.88. The number of fused-ring (bicyclic) bond motifs is 1. The summed E-state index contributed by atoms with van der Waals surface area (Å²) in [6.45, 7) is 1.02. The van der Waals surface area contributed by atoms with Crippen molar-refractivity contribution in [1.29, 1.82) is 5.26 Å². The molecule has 9 nitrogen and oxygen atoms in total. The molecule has 0 saturated heterocycles. The molecule has 5 rings (SSSR count). The Morgan fingerprint density at radius 3 is 2.66 bits per heavy atom. The number of halogens is 2. The average molecular weight is 658 g/mol. The summed E-state index contributed by atoms with van der Waals surface area (Å²) >= 11 is 6.74. The molecule has 0 aliphatic heterocycles. The Balaban J connectivity index is 1.41. The molecular weight excluding hydrogens is 625 g/mol. The standard InChI is InChI=1S/C36H33ClFN3O6/c1-21(36(44)45)11-32(43)31(19-42)41-18-24-13-29(37)35(14-34(24)46-20-23-12-22(15-39)16-40-17-23)47-33-10-9-26-25(6-4-7-28(26)33)27-5-2-3-8-30(27)38/h2-8,12-14,16-17,21,31,33,41-42H,9-11,18-20H2,1H3,(H,44,45)/t21-,31+,33+/m1/s1. The van der Waals surface area contributed by atoms with Gasteiger partial charge in [-0.15, -0.1) is 0 Å². The van der Waals surface area contributed by atoms with Crippen LogP contribution >= 0.6 is 11.6 Å². The number of aromatic nitrogens is 1. The lowest BCUT2D eigenvalue weighted by atomic mass is 9.96. The van der Waals surface area contributed by atoms with Crippen LogP contribution in [0.25, 0.3) is 11.1 Å². The van der Waals surface area contributed by atoms with E-state index in [-0.39, 0.29) is 36.5 Å². The van der Waals surface area contributed by atoms with Gasteiger partial charge in [0.05, 0.1) is 29.2 Å². The van der Waals surface area contributed by atoms with Gasteiger partial charge in [-0.2, -0.15) is 5.26 Å². The second-order valence-electron chi connectivity index (χ2n) is 11.4. The highest BCUT2D eigenvalue weighted by Gasteiger charge is 2.29. The molecule has 242 valence electrons. The second kappa shape index (κ2) is 15.2. The number of nitriles is 1. The van der Waals surface area contributed by atoms with Crippen LogP contribution < -0.4 is 14.8 Å². The number of ketones is 1. The number of hydrogen-bond donors (Lipinski definition) is 3. The van der Waals surface area contributed by atoms with Crippen molar-refractivity contribution >= 4 is 23.4 Å². The number of hydrogen-bond acceptors (Lipinski definition) is 8. The highest BCUT2D eigenvalue weighted by molar-refractivity contribution is 6.32. The zero-order valence-corrected chi connectivity index (χ0v) is 26.3. The van der Waals surface area contributed by atoms with Crippen molar-refractivity contribution in [3.05, 3.63) is 112 Å². The third kappa shape index (κ3) is 7.95. The third-order valence-electron chi connectivity index (χ3n) is 8.12. The Labute approximate surface area is 276 Å². The predicted molar refractivity (Wildman–Crippen MR) is 172 cm³/mol. The Hall–Kier alpha value is -4.82. The maximum Gasteiger partial charge on any atom is 0.306 e. The minimum atomic E-state index is -1.10. The Kier molecular flexibility index (Phi) is 10.8. The van der Waals surface area contributed by atoms with E-state index >= 15 is 0 Å². The van der Waals surface area contributed by atoms with E-state index in [1.54, 1.807) is 42.6 Å². The van der Waals surface area contributed by atoms with Gasteiger partial charge in [0.2, 0.25) is 0 Å². The molecule has 1 heterocycles. The van der Waals surface area contributed by atoms with Crippen LogP contribution in [0.15, 0.2) is 73.1 Å². The van der Waals surface area contributed by atoms with Crippen LogP contribution in [0.4, 0.5) is 4.39 Å². The van der Waals surface area contributed by atoms with Crippen molar-refractivity contribution in [3.63, 3.8) is 0 Å². The maximum absolute atomic E-state index is 14.7. The fourth-order valence-electron chi connectivity index (χ4n) is 5.60. The van der Waals surface area contributed by atoms with Crippen LogP contribution in [0.3, 0.4) is 0 Å².